The number of ether oxygens (including phenoxy) is 1. The van der Waals surface area contributed by atoms with E-state index in [1.165, 1.54) is 28.6 Å². The first-order valence-corrected chi connectivity index (χ1v) is 10.3. The second-order valence-electron chi connectivity index (χ2n) is 6.43. The molecule has 4 rings (SSSR count). The number of carbonyl (C=O) groups is 1. The van der Waals surface area contributed by atoms with Crippen molar-refractivity contribution in [1.29, 1.82) is 0 Å². The van der Waals surface area contributed by atoms with E-state index in [0.29, 0.717) is 11.8 Å². The van der Waals surface area contributed by atoms with Gasteiger partial charge in [-0.05, 0) is 44.6 Å². The van der Waals surface area contributed by atoms with Gasteiger partial charge >= 0.3 is 5.97 Å². The van der Waals surface area contributed by atoms with Crippen LogP contribution in [0.15, 0.2) is 5.16 Å². The molecule has 25 heavy (non-hydrogen) atoms. The van der Waals surface area contributed by atoms with Crippen LogP contribution in [-0.4, -0.2) is 37.9 Å². The van der Waals surface area contributed by atoms with Crippen LogP contribution in [0.4, 0.5) is 0 Å². The maximum Gasteiger partial charge on any atom is 0.316 e. The fraction of sp³-hybridized carbons (Fsp3) is 0.529. The van der Waals surface area contributed by atoms with E-state index in [1.807, 2.05) is 11.3 Å². The molecule has 1 atom stereocenters. The number of aryl methyl sites for hydroxylation is 2. The van der Waals surface area contributed by atoms with E-state index in [-0.39, 0.29) is 11.7 Å². The van der Waals surface area contributed by atoms with Gasteiger partial charge in [-0.15, -0.1) is 21.5 Å². The Bertz CT molecular complexity index is 963. The van der Waals surface area contributed by atoms with Crippen molar-refractivity contribution < 1.29 is 9.53 Å². The van der Waals surface area contributed by atoms with Crippen LogP contribution >= 0.6 is 23.1 Å². The Labute approximate surface area is 154 Å². The van der Waals surface area contributed by atoms with E-state index in [4.69, 9.17) is 9.72 Å². The molecule has 3 aromatic heterocycles. The van der Waals surface area contributed by atoms with Crippen molar-refractivity contribution in [2.75, 3.05) is 12.4 Å². The van der Waals surface area contributed by atoms with Crippen LogP contribution in [0.3, 0.4) is 0 Å². The molecule has 0 fully saturated rings. The molecule has 0 saturated heterocycles. The highest BCUT2D eigenvalue weighted by Crippen LogP contribution is 2.39. The lowest BCUT2D eigenvalue weighted by molar-refractivity contribution is -0.139. The van der Waals surface area contributed by atoms with E-state index >= 15 is 0 Å². The molecule has 0 spiro atoms. The Hall–Kier alpha value is -1.67. The molecule has 0 saturated carbocycles. The third-order valence-electron chi connectivity index (χ3n) is 4.56. The van der Waals surface area contributed by atoms with Crippen molar-refractivity contribution >= 4 is 44.9 Å². The highest BCUT2D eigenvalue weighted by Gasteiger charge is 2.25. The molecule has 0 N–H and O–H groups in total. The minimum Gasteiger partial charge on any atom is -0.465 e. The van der Waals surface area contributed by atoms with E-state index < -0.39 is 0 Å². The van der Waals surface area contributed by atoms with Crippen LogP contribution in [0, 0.1) is 12.8 Å². The lowest BCUT2D eigenvalue weighted by atomic mass is 9.89. The van der Waals surface area contributed by atoms with Gasteiger partial charge in [0.1, 0.15) is 10.7 Å². The molecule has 6 nitrogen and oxygen atoms in total. The lowest BCUT2D eigenvalue weighted by Gasteiger charge is -2.17. The van der Waals surface area contributed by atoms with Crippen molar-refractivity contribution in [2.24, 2.45) is 5.92 Å². The fourth-order valence-corrected chi connectivity index (χ4v) is 5.59. The zero-order valence-corrected chi connectivity index (χ0v) is 16.2. The first-order valence-electron chi connectivity index (χ1n) is 8.52. The van der Waals surface area contributed by atoms with Gasteiger partial charge in [-0.3, -0.25) is 9.20 Å². The first kappa shape index (κ1) is 16.8. The van der Waals surface area contributed by atoms with E-state index in [1.54, 1.807) is 18.3 Å². The second-order valence-corrected chi connectivity index (χ2v) is 8.45. The molecular weight excluding hydrogens is 356 g/mol. The predicted molar refractivity (Wildman–Crippen MR) is 99.4 cm³/mol. The largest absolute Gasteiger partial charge is 0.465 e. The summed E-state index contributed by atoms with van der Waals surface area (Å²) in [5, 5.41) is 10.6. The van der Waals surface area contributed by atoms with Crippen molar-refractivity contribution in [3.63, 3.8) is 0 Å². The summed E-state index contributed by atoms with van der Waals surface area (Å²) in [6.07, 6.45) is 3.41. The van der Waals surface area contributed by atoms with Crippen LogP contribution in [0.5, 0.6) is 0 Å². The summed E-state index contributed by atoms with van der Waals surface area (Å²) in [4.78, 5) is 18.9. The second kappa shape index (κ2) is 6.57. The average molecular weight is 377 g/mol. The van der Waals surface area contributed by atoms with Crippen LogP contribution in [0.25, 0.3) is 15.9 Å². The van der Waals surface area contributed by atoms with Gasteiger partial charge in [-0.1, -0.05) is 18.7 Å². The van der Waals surface area contributed by atoms with Gasteiger partial charge in [-0.2, -0.15) is 0 Å². The molecule has 3 aromatic rings. The Kier molecular flexibility index (Phi) is 4.41. The van der Waals surface area contributed by atoms with Crippen molar-refractivity contribution in [3.8, 4) is 0 Å². The highest BCUT2D eigenvalue weighted by molar-refractivity contribution is 7.99. The van der Waals surface area contributed by atoms with Crippen molar-refractivity contribution in [1.82, 2.24) is 19.6 Å². The van der Waals surface area contributed by atoms with Crippen molar-refractivity contribution in [2.45, 2.75) is 45.2 Å². The van der Waals surface area contributed by atoms with Gasteiger partial charge in [0.25, 0.3) is 0 Å². The van der Waals surface area contributed by atoms with Crippen LogP contribution in [0.1, 0.15) is 36.5 Å². The third kappa shape index (κ3) is 2.91. The van der Waals surface area contributed by atoms with Gasteiger partial charge < -0.3 is 4.74 Å². The molecule has 0 amide bonds. The summed E-state index contributed by atoms with van der Waals surface area (Å²) in [6, 6.07) is 0. The van der Waals surface area contributed by atoms with Gasteiger partial charge in [0.2, 0.25) is 0 Å². The van der Waals surface area contributed by atoms with E-state index in [0.717, 1.165) is 40.4 Å². The number of hydrogen-bond donors (Lipinski definition) is 0. The van der Waals surface area contributed by atoms with E-state index in [9.17, 15) is 4.79 Å². The molecule has 1 aliphatic carbocycles. The summed E-state index contributed by atoms with van der Waals surface area (Å²) in [5.74, 6) is 1.57. The number of nitrogens with zero attached hydrogens (tertiary/aromatic N) is 4. The minimum atomic E-state index is -0.238. The molecule has 0 radical (unpaired) electrons. The molecule has 132 valence electrons. The van der Waals surface area contributed by atoms with Gasteiger partial charge in [0.15, 0.2) is 10.8 Å². The zero-order chi connectivity index (χ0) is 17.6. The summed E-state index contributed by atoms with van der Waals surface area (Å²) < 4.78 is 6.96. The Morgan fingerprint density at radius 3 is 3.08 bits per heavy atom. The van der Waals surface area contributed by atoms with Crippen molar-refractivity contribution in [3.05, 3.63) is 16.3 Å². The summed E-state index contributed by atoms with van der Waals surface area (Å²) in [6.45, 7) is 6.47. The molecule has 0 bridgehead atoms. The average Bonchev–Trinajstić information content (AvgIpc) is 3.13. The van der Waals surface area contributed by atoms with Crippen LogP contribution in [-0.2, 0) is 22.4 Å². The maximum absolute atomic E-state index is 11.6. The normalized spacial score (nSPS) is 17.2. The summed E-state index contributed by atoms with van der Waals surface area (Å²) in [5.41, 5.74) is 2.26. The predicted octanol–water partition coefficient (Wildman–Crippen LogP) is 3.43. The number of thioether (sulfide) groups is 1. The third-order valence-corrected chi connectivity index (χ3v) is 6.61. The number of aromatic nitrogens is 4. The van der Waals surface area contributed by atoms with E-state index in [2.05, 4.69) is 17.1 Å². The summed E-state index contributed by atoms with van der Waals surface area (Å²) in [7, 11) is 0. The van der Waals surface area contributed by atoms with Gasteiger partial charge in [0, 0.05) is 4.88 Å². The minimum absolute atomic E-state index is 0.228. The zero-order valence-electron chi connectivity index (χ0n) is 14.5. The number of esters is 1. The molecular formula is C17H20N4O2S2. The maximum atomic E-state index is 11.6. The molecule has 8 heteroatoms. The Morgan fingerprint density at radius 2 is 2.28 bits per heavy atom. The fourth-order valence-electron chi connectivity index (χ4n) is 3.39. The van der Waals surface area contributed by atoms with Gasteiger partial charge in [-0.25, -0.2) is 4.98 Å². The molecule has 0 aliphatic heterocycles. The first-order chi connectivity index (χ1) is 12.1. The summed E-state index contributed by atoms with van der Waals surface area (Å²) >= 11 is 3.14. The molecule has 3 heterocycles. The smallest absolute Gasteiger partial charge is 0.316 e. The standard InChI is InChI=1S/C17H20N4O2S2/c1-4-23-13(22)8-24-17-20-19-15-14-11-6-5-9(2)7-12(11)25-16(14)18-10(3)21(15)17/h9H,4-8H2,1-3H3/t9-/m0/s1. The number of carbonyl (C=O) groups excluding carboxylic acids is 1. The SMILES string of the molecule is CCOC(=O)CSc1nnc2c3c4c(sc3nc(C)n12)C[C@@H](C)CC4. The number of thiophene rings is 1. The van der Waals surface area contributed by atoms with Crippen LogP contribution < -0.4 is 0 Å². The quantitative estimate of drug-likeness (QED) is 0.513. The topological polar surface area (TPSA) is 69.4 Å². The molecule has 0 aromatic carbocycles. The monoisotopic (exact) mass is 376 g/mol. The lowest BCUT2D eigenvalue weighted by Crippen LogP contribution is -2.09. The number of rotatable bonds is 4. The number of hydrogen-bond acceptors (Lipinski definition) is 7. The Balaban J connectivity index is 1.79. The Morgan fingerprint density at radius 1 is 1.44 bits per heavy atom. The molecule has 0 unspecified atom stereocenters. The van der Waals surface area contributed by atoms with Gasteiger partial charge in [0.05, 0.1) is 17.7 Å². The number of fused-ring (bicyclic) bond motifs is 5. The molecule has 1 aliphatic rings. The highest BCUT2D eigenvalue weighted by atomic mass is 32.2. The van der Waals surface area contributed by atoms with Crippen LogP contribution in [0.2, 0.25) is 0 Å².